The first kappa shape index (κ1) is 14.4. The third-order valence-electron chi connectivity index (χ3n) is 3.44. The van der Waals surface area contributed by atoms with Crippen LogP contribution in [0.25, 0.3) is 0 Å². The van der Waals surface area contributed by atoms with Gasteiger partial charge < -0.3 is 9.47 Å². The summed E-state index contributed by atoms with van der Waals surface area (Å²) in [5.41, 5.74) is 0.0896. The summed E-state index contributed by atoms with van der Waals surface area (Å²) in [5, 5.41) is 0.523. The van der Waals surface area contributed by atoms with E-state index in [4.69, 9.17) is 21.1 Å². The van der Waals surface area contributed by atoms with E-state index in [9.17, 15) is 4.79 Å². The van der Waals surface area contributed by atoms with Crippen molar-refractivity contribution in [3.05, 3.63) is 29.0 Å². The Labute approximate surface area is 118 Å². The molecule has 1 aromatic rings. The largest absolute Gasteiger partial charge is 0.381 e. The molecule has 0 aliphatic carbocycles. The normalized spacial score (nSPS) is 18.2. The van der Waals surface area contributed by atoms with E-state index in [-0.39, 0.29) is 12.2 Å². The molecule has 1 aromatic heterocycles. The summed E-state index contributed by atoms with van der Waals surface area (Å²) in [4.78, 5) is 16.5. The van der Waals surface area contributed by atoms with Gasteiger partial charge in [-0.25, -0.2) is 0 Å². The molecular formula is C14H18ClNO3. The van der Waals surface area contributed by atoms with Crippen LogP contribution < -0.4 is 0 Å². The lowest BCUT2D eigenvalue weighted by Crippen LogP contribution is -2.47. The summed E-state index contributed by atoms with van der Waals surface area (Å²) in [6, 6.07) is 1.78. The highest BCUT2D eigenvalue weighted by Crippen LogP contribution is 2.28. The molecule has 2 rings (SSSR count). The Morgan fingerprint density at radius 2 is 2.26 bits per heavy atom. The van der Waals surface area contributed by atoms with Crippen LogP contribution in [-0.4, -0.2) is 36.2 Å². The van der Waals surface area contributed by atoms with Crippen LogP contribution in [-0.2, 0) is 20.7 Å². The fraction of sp³-hybridized carbons (Fsp3) is 0.571. The van der Waals surface area contributed by atoms with Gasteiger partial charge in [0.15, 0.2) is 5.78 Å². The number of carbonyl (C=O) groups is 1. The number of pyridine rings is 1. The minimum absolute atomic E-state index is 0.0748. The highest BCUT2D eigenvalue weighted by Gasteiger charge is 2.40. The smallest absolute Gasteiger partial charge is 0.169 e. The van der Waals surface area contributed by atoms with E-state index in [1.807, 2.05) is 6.92 Å². The van der Waals surface area contributed by atoms with Gasteiger partial charge in [-0.05, 0) is 18.6 Å². The Kier molecular flexibility index (Phi) is 4.91. The summed E-state index contributed by atoms with van der Waals surface area (Å²) >= 11 is 6.05. The van der Waals surface area contributed by atoms with Crippen LogP contribution in [0.15, 0.2) is 18.5 Å². The molecule has 1 aliphatic heterocycles. The van der Waals surface area contributed by atoms with E-state index in [2.05, 4.69) is 4.98 Å². The number of carbonyl (C=O) groups excluding carboxylic acids is 1. The topological polar surface area (TPSA) is 48.4 Å². The van der Waals surface area contributed by atoms with Gasteiger partial charge in [-0.3, -0.25) is 9.78 Å². The zero-order valence-corrected chi connectivity index (χ0v) is 11.8. The first-order valence-electron chi connectivity index (χ1n) is 6.51. The van der Waals surface area contributed by atoms with Crippen molar-refractivity contribution in [3.63, 3.8) is 0 Å². The van der Waals surface area contributed by atoms with Gasteiger partial charge in [0, 0.05) is 51.5 Å². The van der Waals surface area contributed by atoms with E-state index in [1.165, 1.54) is 0 Å². The van der Waals surface area contributed by atoms with Crippen LogP contribution >= 0.6 is 11.6 Å². The van der Waals surface area contributed by atoms with Crippen molar-refractivity contribution in [1.82, 2.24) is 4.98 Å². The van der Waals surface area contributed by atoms with Crippen LogP contribution in [0, 0.1) is 0 Å². The van der Waals surface area contributed by atoms with Crippen LogP contribution in [0.4, 0.5) is 0 Å². The van der Waals surface area contributed by atoms with E-state index in [1.54, 1.807) is 18.5 Å². The molecular weight excluding hydrogens is 266 g/mol. The van der Waals surface area contributed by atoms with Crippen molar-refractivity contribution >= 4 is 17.4 Å². The lowest BCUT2D eigenvalue weighted by Gasteiger charge is -2.35. The molecule has 0 atom stereocenters. The average Bonchev–Trinajstić information content (AvgIpc) is 2.42. The maximum Gasteiger partial charge on any atom is 0.169 e. The molecule has 1 saturated heterocycles. The molecule has 4 nitrogen and oxygen atoms in total. The lowest BCUT2D eigenvalue weighted by molar-refractivity contribution is -0.156. The highest BCUT2D eigenvalue weighted by molar-refractivity contribution is 6.31. The van der Waals surface area contributed by atoms with Gasteiger partial charge in [0.05, 0.1) is 5.02 Å². The molecule has 0 radical (unpaired) electrons. The number of Topliss-reactive ketones (excluding diaryl/α,β-unsaturated/α-hetero) is 1. The van der Waals surface area contributed by atoms with Crippen molar-refractivity contribution in [3.8, 4) is 0 Å². The number of rotatable bonds is 5. The van der Waals surface area contributed by atoms with Gasteiger partial charge in [-0.15, -0.1) is 0 Å². The maximum absolute atomic E-state index is 12.6. The van der Waals surface area contributed by atoms with E-state index in [0.717, 1.165) is 5.56 Å². The highest BCUT2D eigenvalue weighted by atomic mass is 35.5. The summed E-state index contributed by atoms with van der Waals surface area (Å²) in [7, 11) is 0. The molecule has 2 heterocycles. The molecule has 0 spiro atoms. The molecule has 104 valence electrons. The summed E-state index contributed by atoms with van der Waals surface area (Å²) in [5.74, 6) is 0.0748. The molecule has 1 fully saturated rings. The third kappa shape index (κ3) is 3.32. The van der Waals surface area contributed by atoms with Gasteiger partial charge in [-0.2, -0.15) is 0 Å². The van der Waals surface area contributed by atoms with Gasteiger partial charge in [0.1, 0.15) is 5.60 Å². The molecule has 0 aromatic carbocycles. The zero-order valence-electron chi connectivity index (χ0n) is 11.0. The Balaban J connectivity index is 2.14. The SMILES string of the molecule is CCOC1(C(=O)Cc2ccncc2Cl)CCOCC1. The van der Waals surface area contributed by atoms with Gasteiger partial charge in [-0.1, -0.05) is 11.6 Å². The van der Waals surface area contributed by atoms with Crippen LogP contribution in [0.1, 0.15) is 25.3 Å². The second kappa shape index (κ2) is 6.46. The Morgan fingerprint density at radius 3 is 2.89 bits per heavy atom. The van der Waals surface area contributed by atoms with E-state index >= 15 is 0 Å². The Morgan fingerprint density at radius 1 is 1.53 bits per heavy atom. The molecule has 0 saturated carbocycles. The number of aromatic nitrogens is 1. The number of ketones is 1. The van der Waals surface area contributed by atoms with Gasteiger partial charge in [0.25, 0.3) is 0 Å². The lowest BCUT2D eigenvalue weighted by atomic mass is 9.86. The van der Waals surface area contributed by atoms with E-state index in [0.29, 0.717) is 37.7 Å². The monoisotopic (exact) mass is 283 g/mol. The maximum atomic E-state index is 12.6. The Hall–Kier alpha value is -0.970. The van der Waals surface area contributed by atoms with Crippen LogP contribution in [0.5, 0.6) is 0 Å². The predicted octanol–water partition coefficient (Wildman–Crippen LogP) is 2.43. The van der Waals surface area contributed by atoms with Crippen molar-refractivity contribution in [2.45, 2.75) is 31.8 Å². The van der Waals surface area contributed by atoms with Crippen LogP contribution in [0.2, 0.25) is 5.02 Å². The number of halogens is 1. The van der Waals surface area contributed by atoms with Gasteiger partial charge in [0.2, 0.25) is 0 Å². The van der Waals surface area contributed by atoms with E-state index < -0.39 is 5.60 Å². The quantitative estimate of drug-likeness (QED) is 0.833. The molecule has 19 heavy (non-hydrogen) atoms. The molecule has 1 aliphatic rings. The number of nitrogens with zero attached hydrogens (tertiary/aromatic N) is 1. The van der Waals surface area contributed by atoms with Crippen molar-refractivity contribution in [2.24, 2.45) is 0 Å². The first-order chi connectivity index (χ1) is 9.18. The molecule has 0 bridgehead atoms. The van der Waals surface area contributed by atoms with Crippen molar-refractivity contribution < 1.29 is 14.3 Å². The van der Waals surface area contributed by atoms with Crippen molar-refractivity contribution in [1.29, 1.82) is 0 Å². The fourth-order valence-corrected chi connectivity index (χ4v) is 2.55. The molecule has 0 N–H and O–H groups in total. The predicted molar refractivity (Wildman–Crippen MR) is 72.4 cm³/mol. The third-order valence-corrected chi connectivity index (χ3v) is 3.78. The number of hydrogen-bond donors (Lipinski definition) is 0. The van der Waals surface area contributed by atoms with Gasteiger partial charge >= 0.3 is 0 Å². The second-order valence-electron chi connectivity index (χ2n) is 4.61. The fourth-order valence-electron chi connectivity index (χ4n) is 2.36. The van der Waals surface area contributed by atoms with Crippen molar-refractivity contribution in [2.75, 3.05) is 19.8 Å². The molecule has 0 amide bonds. The summed E-state index contributed by atoms with van der Waals surface area (Å²) < 4.78 is 11.1. The first-order valence-corrected chi connectivity index (χ1v) is 6.89. The molecule has 0 unspecified atom stereocenters. The Bertz CT molecular complexity index is 439. The zero-order chi connectivity index (χ0) is 13.7. The summed E-state index contributed by atoms with van der Waals surface area (Å²) in [6.07, 6.45) is 4.71. The number of hydrogen-bond acceptors (Lipinski definition) is 4. The second-order valence-corrected chi connectivity index (χ2v) is 5.01. The number of ether oxygens (including phenoxy) is 2. The minimum atomic E-state index is -0.709. The standard InChI is InChI=1S/C14H18ClNO3/c1-2-19-14(4-7-18-8-5-14)13(17)9-11-3-6-16-10-12(11)15/h3,6,10H,2,4-5,7-9H2,1H3. The summed E-state index contributed by atoms with van der Waals surface area (Å²) in [6.45, 7) is 3.56. The average molecular weight is 284 g/mol. The van der Waals surface area contributed by atoms with Crippen LogP contribution in [0.3, 0.4) is 0 Å². The minimum Gasteiger partial charge on any atom is -0.381 e. The molecule has 5 heteroatoms.